The van der Waals surface area contributed by atoms with Gasteiger partial charge in [-0.3, -0.25) is 38.4 Å². The molecule has 0 saturated carbocycles. The monoisotopic (exact) mass is 1030 g/mol. The van der Waals surface area contributed by atoms with Gasteiger partial charge in [-0.05, 0) is 58.2 Å². The van der Waals surface area contributed by atoms with Gasteiger partial charge in [-0.2, -0.15) is 0 Å². The summed E-state index contributed by atoms with van der Waals surface area (Å²) in [7, 11) is 0. The highest BCUT2D eigenvalue weighted by molar-refractivity contribution is 6.36. The molecule has 79 heavy (non-hydrogen) atoms. The van der Waals surface area contributed by atoms with Crippen LogP contribution in [0.2, 0.25) is 0 Å². The predicted molar refractivity (Wildman–Crippen MR) is 301 cm³/mol. The summed E-state index contributed by atoms with van der Waals surface area (Å²) in [6, 6.07) is 60.5. The molecule has 1 aliphatic heterocycles. The Hall–Kier alpha value is -11.0. The maximum Gasteiger partial charge on any atom is 0.256 e. The summed E-state index contributed by atoms with van der Waals surface area (Å²) >= 11 is 0. The van der Waals surface area contributed by atoms with Crippen molar-refractivity contribution < 1.29 is 38.4 Å². The van der Waals surface area contributed by atoms with Crippen molar-refractivity contribution in [1.82, 2.24) is 5.32 Å². The molecule has 12 heteroatoms. The number of carbonyl (C=O) groups excluding carboxylic acids is 8. The van der Waals surface area contributed by atoms with Gasteiger partial charge < -0.3 is 22.1 Å². The first-order valence-corrected chi connectivity index (χ1v) is 25.2. The number of carbonyl (C=O) groups is 8. The zero-order valence-electron chi connectivity index (χ0n) is 41.8. The van der Waals surface area contributed by atoms with Crippen molar-refractivity contribution in [3.63, 3.8) is 0 Å². The lowest BCUT2D eigenvalue weighted by Crippen LogP contribution is -2.25. The summed E-state index contributed by atoms with van der Waals surface area (Å²) in [4.78, 5) is 104. The van der Waals surface area contributed by atoms with Gasteiger partial charge in [0.15, 0.2) is 40.5 Å². The average molecular weight is 1030 g/mol. The second kappa shape index (κ2) is 19.6. The number of nitrogens with two attached hydrogens (primary N) is 2. The minimum atomic E-state index is -0.368. The Kier molecular flexibility index (Phi) is 12.2. The van der Waals surface area contributed by atoms with E-state index in [1.165, 1.54) is 0 Å². The first-order valence-electron chi connectivity index (χ1n) is 25.2. The van der Waals surface area contributed by atoms with E-state index in [1.807, 2.05) is 97.1 Å². The summed E-state index contributed by atoms with van der Waals surface area (Å²) < 4.78 is 0. The number of nitrogen functional groups attached to an aromatic ring is 2. The molecule has 9 aromatic carbocycles. The fourth-order valence-corrected chi connectivity index (χ4v) is 11.0. The number of Topliss-reactive ketones (excluding diaryl/α,β-unsaturated/α-hetero) is 1. The molecule has 0 radical (unpaired) electrons. The van der Waals surface area contributed by atoms with Crippen molar-refractivity contribution in [2.24, 2.45) is 0 Å². The summed E-state index contributed by atoms with van der Waals surface area (Å²) in [5, 5.41) is 6.11. The van der Waals surface area contributed by atoms with E-state index >= 15 is 0 Å². The number of fused-ring (bicyclic) bond motifs is 7. The van der Waals surface area contributed by atoms with Crippen LogP contribution in [0.25, 0.3) is 22.4 Å². The van der Waals surface area contributed by atoms with Gasteiger partial charge >= 0.3 is 0 Å². The van der Waals surface area contributed by atoms with Crippen molar-refractivity contribution in [3.8, 4) is 11.1 Å². The van der Waals surface area contributed by atoms with Gasteiger partial charge in [0.1, 0.15) is 0 Å². The van der Waals surface area contributed by atoms with Crippen molar-refractivity contribution in [1.29, 1.82) is 0 Å². The van der Waals surface area contributed by atoms with E-state index < -0.39 is 0 Å². The van der Waals surface area contributed by atoms with E-state index in [2.05, 4.69) is 10.6 Å². The van der Waals surface area contributed by atoms with Crippen LogP contribution in [0.5, 0.6) is 0 Å². The van der Waals surface area contributed by atoms with Crippen molar-refractivity contribution >= 4 is 80.4 Å². The highest BCUT2D eigenvalue weighted by Crippen LogP contribution is 2.44. The fourth-order valence-electron chi connectivity index (χ4n) is 11.0. The quantitative estimate of drug-likeness (QED) is 0.119. The molecule has 5 aliphatic rings. The van der Waals surface area contributed by atoms with Crippen LogP contribution >= 0.6 is 0 Å². The van der Waals surface area contributed by atoms with Gasteiger partial charge in [0.05, 0.1) is 39.2 Å². The van der Waals surface area contributed by atoms with E-state index in [0.717, 1.165) is 22.4 Å². The first-order chi connectivity index (χ1) is 38.4. The zero-order chi connectivity index (χ0) is 54.6. The number of ketones is 7. The number of benzene rings is 9. The number of para-hydroxylation sites is 1. The molecule has 1 heterocycles. The van der Waals surface area contributed by atoms with Crippen LogP contribution < -0.4 is 22.1 Å². The molecule has 14 rings (SSSR count). The number of hydrogen-bond acceptors (Lipinski definition) is 11. The molecule has 378 valence electrons. The number of rotatable bonds is 5. The van der Waals surface area contributed by atoms with E-state index in [0.29, 0.717) is 62.3 Å². The molecule has 0 bridgehead atoms. The molecule has 9 aromatic rings. The van der Waals surface area contributed by atoms with Crippen LogP contribution in [0.4, 0.5) is 22.7 Å². The van der Waals surface area contributed by atoms with E-state index in [4.69, 9.17) is 11.5 Å². The number of nitrogens with one attached hydrogen (secondary N) is 2. The normalized spacial score (nSPS) is 14.3. The third-order valence-electron chi connectivity index (χ3n) is 14.6. The SMILES string of the molecule is Nc1ccc(-c2ccc(N)c3c2C(=O)c2ccccc2C3=O)c2c1C(=O)c1ccccc1C2=O.O=C1CC(c2ccccc2)=C2C(=O)NC(c3ccccc3)=C12.O=C1c2ccccc2C(=O)c2c(Nc3ccccc3)cccc21. The summed E-state index contributed by atoms with van der Waals surface area (Å²) in [5.41, 5.74) is 22.6. The van der Waals surface area contributed by atoms with Crippen LogP contribution in [0.1, 0.15) is 113 Å². The smallest absolute Gasteiger partial charge is 0.256 e. The standard InChI is InChI=1S/C28H16N2O4.C20H13NO2.C19H13NO2/c29-19-11-9-13(21-23(19)27(33)17-7-3-1-5-15(17)25(21)31)14-10-12-20(30)24-22(14)26(32)16-6-2-4-8-18(16)28(24)34;22-19-14-9-4-5-10-15(14)20(23)18-16(19)11-6-12-17(18)21-13-7-2-1-3-8-13;21-15-11-14(12-7-3-1-4-8-12)16-17(15)18(20-19(16)22)13-9-5-2-6-10-13/h1-12H,29-30H2;1-12,21H;1-10H,11H2,(H,20,22). The van der Waals surface area contributed by atoms with E-state index in [1.54, 1.807) is 109 Å². The Bertz CT molecular complexity index is 4080. The molecule has 1 amide bonds. The molecule has 0 saturated heterocycles. The largest absolute Gasteiger partial charge is 0.398 e. The van der Waals surface area contributed by atoms with Gasteiger partial charge in [-0.15, -0.1) is 0 Å². The average Bonchev–Trinajstić information content (AvgIpc) is 4.17. The lowest BCUT2D eigenvalue weighted by molar-refractivity contribution is -0.116. The van der Waals surface area contributed by atoms with Gasteiger partial charge in [0.25, 0.3) is 5.91 Å². The molecular formula is C67H42N4O8. The Labute approximate surface area is 451 Å². The van der Waals surface area contributed by atoms with Crippen molar-refractivity contribution in [2.75, 3.05) is 16.8 Å². The maximum absolute atomic E-state index is 13.6. The van der Waals surface area contributed by atoms with Crippen LogP contribution in [0.3, 0.4) is 0 Å². The summed E-state index contributed by atoms with van der Waals surface area (Å²) in [6.07, 6.45) is 0.290. The predicted octanol–water partition coefficient (Wildman–Crippen LogP) is 11.2. The molecule has 0 spiro atoms. The lowest BCUT2D eigenvalue weighted by atomic mass is 9.76. The number of allylic oxidation sites excluding steroid dienone is 1. The Balaban J connectivity index is 0.000000123. The first kappa shape index (κ1) is 48.9. The molecule has 0 aromatic heterocycles. The van der Waals surface area contributed by atoms with Crippen LogP contribution in [0.15, 0.2) is 217 Å². The highest BCUT2D eigenvalue weighted by atomic mass is 16.2. The van der Waals surface area contributed by atoms with Gasteiger partial charge in [0, 0.05) is 73.6 Å². The Morgan fingerprint density at radius 2 is 0.722 bits per heavy atom. The van der Waals surface area contributed by atoms with Crippen molar-refractivity contribution in [2.45, 2.75) is 6.42 Å². The summed E-state index contributed by atoms with van der Waals surface area (Å²) in [5.74, 6) is -1.85. The maximum atomic E-state index is 13.6. The van der Waals surface area contributed by atoms with E-state index in [9.17, 15) is 38.4 Å². The third kappa shape index (κ3) is 8.19. The second-order valence-corrected chi connectivity index (χ2v) is 19.1. The number of hydrogen-bond donors (Lipinski definition) is 4. The van der Waals surface area contributed by atoms with Crippen LogP contribution in [-0.2, 0) is 9.59 Å². The number of anilines is 4. The fraction of sp³-hybridized carbons (Fsp3) is 0.0149. The van der Waals surface area contributed by atoms with Gasteiger partial charge in [-0.1, -0.05) is 176 Å². The molecule has 0 unspecified atom stereocenters. The van der Waals surface area contributed by atoms with Gasteiger partial charge in [0.2, 0.25) is 0 Å². The Morgan fingerprint density at radius 3 is 1.20 bits per heavy atom. The Morgan fingerprint density at radius 1 is 0.329 bits per heavy atom. The minimum Gasteiger partial charge on any atom is -0.398 e. The van der Waals surface area contributed by atoms with Gasteiger partial charge in [-0.25, -0.2) is 0 Å². The third-order valence-corrected chi connectivity index (χ3v) is 14.6. The van der Waals surface area contributed by atoms with E-state index in [-0.39, 0.29) is 102 Å². The molecule has 6 N–H and O–H groups in total. The second-order valence-electron chi connectivity index (χ2n) is 19.1. The molecule has 4 aliphatic carbocycles. The van der Waals surface area contributed by atoms with Crippen LogP contribution in [-0.4, -0.2) is 46.4 Å². The number of amides is 1. The minimum absolute atomic E-state index is 0.00561. The topological polar surface area (TPSA) is 213 Å². The molecular weight excluding hydrogens is 989 g/mol. The van der Waals surface area contributed by atoms with Crippen molar-refractivity contribution in [3.05, 3.63) is 295 Å². The highest BCUT2D eigenvalue weighted by Gasteiger charge is 2.41. The molecule has 0 atom stereocenters. The zero-order valence-corrected chi connectivity index (χ0v) is 41.8. The molecule has 0 fully saturated rings. The summed E-state index contributed by atoms with van der Waals surface area (Å²) in [6.45, 7) is 0. The van der Waals surface area contributed by atoms with Crippen LogP contribution in [0, 0.1) is 0 Å². The molecule has 12 nitrogen and oxygen atoms in total. The lowest BCUT2D eigenvalue weighted by Gasteiger charge is -2.25.